The Labute approximate surface area is 508 Å². The van der Waals surface area contributed by atoms with Crippen molar-refractivity contribution in [2.24, 2.45) is 4.99 Å². The van der Waals surface area contributed by atoms with Gasteiger partial charge in [-0.15, -0.1) is 0 Å². The number of aromatic nitrogens is 1. The molecule has 0 spiro atoms. The van der Waals surface area contributed by atoms with E-state index in [2.05, 4.69) is 306 Å². The highest BCUT2D eigenvalue weighted by Gasteiger charge is 2.43. The number of halogens is 1. The highest BCUT2D eigenvalue weighted by molar-refractivity contribution is 6.50. The van der Waals surface area contributed by atoms with E-state index in [1.54, 1.807) is 6.82 Å². The molecule has 0 bridgehead atoms. The van der Waals surface area contributed by atoms with Crippen LogP contribution in [0.5, 0.6) is 0 Å². The van der Waals surface area contributed by atoms with Gasteiger partial charge in [0.1, 0.15) is 0 Å². The average molecular weight is 1120 g/mol. The number of aliphatic imine (C=N–C) groups is 1. The summed E-state index contributed by atoms with van der Waals surface area (Å²) in [6.07, 6.45) is 0. The van der Waals surface area contributed by atoms with Gasteiger partial charge >= 0.3 is 7.12 Å². The summed E-state index contributed by atoms with van der Waals surface area (Å²) in [6.45, 7) is 24.7. The molecule has 3 aliphatic rings. The molecule has 2 nitrogen and oxygen atoms in total. The Morgan fingerprint density at radius 2 is 0.860 bits per heavy atom. The minimum atomic E-state index is -1.53. The summed E-state index contributed by atoms with van der Waals surface area (Å²) in [5.74, 6) is 0. The average Bonchev–Trinajstić information content (AvgIpc) is 1.56. The largest absolute Gasteiger partial charge is 0.462 e. The van der Waals surface area contributed by atoms with Crippen LogP contribution >= 0.6 is 0 Å². The molecule has 0 fully saturated rings. The van der Waals surface area contributed by atoms with E-state index in [-0.39, 0.29) is 21.7 Å². The molecular formula is C82H72BFN2. The fourth-order valence-corrected chi connectivity index (χ4v) is 14.6. The Morgan fingerprint density at radius 3 is 1.43 bits per heavy atom. The van der Waals surface area contributed by atoms with Gasteiger partial charge in [0.05, 0.1) is 11.4 Å². The van der Waals surface area contributed by atoms with E-state index in [1.165, 1.54) is 55.6 Å². The molecule has 0 N–H and O–H groups in total. The van der Waals surface area contributed by atoms with Crippen LogP contribution in [0.25, 0.3) is 83.3 Å². The van der Waals surface area contributed by atoms with Gasteiger partial charge in [0, 0.05) is 55.6 Å². The number of rotatable bonds is 9. The summed E-state index contributed by atoms with van der Waals surface area (Å²) in [7, 11) is -1.53. The van der Waals surface area contributed by atoms with Gasteiger partial charge in [0.2, 0.25) is 0 Å². The highest BCUT2D eigenvalue weighted by Crippen LogP contribution is 2.59. The first-order valence-electron chi connectivity index (χ1n) is 30.6. The molecule has 0 unspecified atom stereocenters. The second kappa shape index (κ2) is 20.3. The lowest BCUT2D eigenvalue weighted by molar-refractivity contribution is 0.590. The van der Waals surface area contributed by atoms with Crippen LogP contribution < -0.4 is 0 Å². The maximum Gasteiger partial charge on any atom is 0.462 e. The molecule has 0 atom stereocenters. The van der Waals surface area contributed by atoms with E-state index in [0.29, 0.717) is 0 Å². The topological polar surface area (TPSA) is 17.3 Å². The zero-order valence-electron chi connectivity index (χ0n) is 51.4. The molecule has 420 valence electrons. The molecule has 11 aromatic rings. The van der Waals surface area contributed by atoms with Crippen LogP contribution in [0.2, 0.25) is 6.82 Å². The quantitative estimate of drug-likeness (QED) is 0.128. The van der Waals surface area contributed by atoms with Gasteiger partial charge in [-0.1, -0.05) is 306 Å². The van der Waals surface area contributed by atoms with E-state index in [1.807, 2.05) is 4.48 Å². The minimum Gasteiger partial charge on any atom is -0.355 e. The van der Waals surface area contributed by atoms with Crippen molar-refractivity contribution < 1.29 is 4.32 Å². The van der Waals surface area contributed by atoms with Crippen LogP contribution in [0, 0.1) is 0 Å². The molecule has 2 heterocycles. The zero-order valence-corrected chi connectivity index (χ0v) is 51.4. The van der Waals surface area contributed by atoms with Gasteiger partial charge < -0.3 is 8.79 Å². The Kier molecular flexibility index (Phi) is 12.9. The molecule has 0 saturated heterocycles. The lowest BCUT2D eigenvalue weighted by Crippen LogP contribution is -2.19. The molecule has 0 saturated carbocycles. The van der Waals surface area contributed by atoms with Gasteiger partial charge in [0.15, 0.2) is 0 Å². The van der Waals surface area contributed by atoms with Crippen molar-refractivity contribution >= 4 is 40.3 Å². The maximum atomic E-state index is 18.9. The monoisotopic (exact) mass is 1110 g/mol. The van der Waals surface area contributed by atoms with Crippen molar-refractivity contribution in [3.63, 3.8) is 0 Å². The number of nitrogens with zero attached hydrogens (tertiary/aromatic N) is 2. The molecule has 4 heteroatoms. The van der Waals surface area contributed by atoms with E-state index >= 15 is 4.32 Å². The Balaban J connectivity index is 1.24. The minimum absolute atomic E-state index is 0.0759. The third kappa shape index (κ3) is 8.61. The third-order valence-electron chi connectivity index (χ3n) is 19.0. The third-order valence-corrected chi connectivity index (χ3v) is 19.0. The summed E-state index contributed by atoms with van der Waals surface area (Å²) in [6, 6.07) is 86.6. The summed E-state index contributed by atoms with van der Waals surface area (Å²) < 4.78 is 21.0. The Bertz CT molecular complexity index is 4620. The van der Waals surface area contributed by atoms with E-state index in [9.17, 15) is 0 Å². The summed E-state index contributed by atoms with van der Waals surface area (Å²) >= 11 is 0. The number of benzene rings is 10. The van der Waals surface area contributed by atoms with Crippen LogP contribution in [-0.4, -0.2) is 17.3 Å². The maximum absolute atomic E-state index is 18.9. The number of allylic oxidation sites excluding steroid dienone is 2. The lowest BCUT2D eigenvalue weighted by atomic mass is 9.80. The smallest absolute Gasteiger partial charge is 0.355 e. The van der Waals surface area contributed by atoms with E-state index < -0.39 is 7.12 Å². The van der Waals surface area contributed by atoms with Crippen molar-refractivity contribution in [3.8, 4) is 55.8 Å². The molecule has 1 aliphatic heterocycles. The SMILES string of the molecule is CB(F)n1c(/C(=C2\N=C(c3ccc(C(C)(C)C)cc3)C(c3cccc4c3-c3ccccc3C4(C)C)=C2c2ccccc2)c2cccc3ccccc23)c(-c2ccccc2)c(-c2cccc3c2-c2ccccc2C3(C)C)c1-c1ccc(C(C)(C)C)cc1. The van der Waals surface area contributed by atoms with Gasteiger partial charge in [-0.2, -0.15) is 0 Å². The second-order valence-corrected chi connectivity index (χ2v) is 27.0. The second-order valence-electron chi connectivity index (χ2n) is 27.0. The van der Waals surface area contributed by atoms with Gasteiger partial charge in [-0.05, 0) is 117 Å². The van der Waals surface area contributed by atoms with E-state index in [0.717, 1.165) is 100 Å². The van der Waals surface area contributed by atoms with Crippen molar-refractivity contribution in [1.29, 1.82) is 0 Å². The summed E-state index contributed by atoms with van der Waals surface area (Å²) in [4.78, 5) is 6.29. The zero-order chi connectivity index (χ0) is 59.6. The number of hydrogen-bond donors (Lipinski definition) is 0. The van der Waals surface area contributed by atoms with Gasteiger partial charge in [0.25, 0.3) is 0 Å². The first-order chi connectivity index (χ1) is 41.3. The Hall–Kier alpha value is -9.12. The van der Waals surface area contributed by atoms with Crippen molar-refractivity contribution in [2.75, 3.05) is 0 Å². The normalized spacial score (nSPS) is 15.3. The van der Waals surface area contributed by atoms with Gasteiger partial charge in [-0.25, -0.2) is 4.99 Å². The van der Waals surface area contributed by atoms with E-state index in [4.69, 9.17) is 4.99 Å². The van der Waals surface area contributed by atoms with Crippen LogP contribution in [0.15, 0.2) is 247 Å². The van der Waals surface area contributed by atoms with Crippen LogP contribution in [0.4, 0.5) is 4.32 Å². The first-order valence-corrected chi connectivity index (χ1v) is 30.6. The molecule has 86 heavy (non-hydrogen) atoms. The van der Waals surface area contributed by atoms with Gasteiger partial charge in [-0.3, -0.25) is 0 Å². The fourth-order valence-electron chi connectivity index (χ4n) is 14.6. The molecule has 2 aliphatic carbocycles. The first kappa shape index (κ1) is 54.8. The van der Waals surface area contributed by atoms with Crippen LogP contribution in [-0.2, 0) is 21.7 Å². The predicted molar refractivity (Wildman–Crippen MR) is 364 cm³/mol. The van der Waals surface area contributed by atoms with Crippen molar-refractivity contribution in [3.05, 3.63) is 304 Å². The number of fused-ring (bicyclic) bond motifs is 7. The molecule has 1 aromatic heterocycles. The van der Waals surface area contributed by atoms with Crippen molar-refractivity contribution in [2.45, 2.75) is 97.7 Å². The molecular weight excluding hydrogens is 1040 g/mol. The standard InChI is InChI=1S/C82H72BFN2/c1-79(2,3)56-47-43-54(44-48-56)75-72(62-37-25-41-66-70(62)60-34-20-22-39-64(60)81(66,7)8)68(52-28-14-12-15-29-52)76(85-75)74(59-36-24-32-51-27-18-19-33-58(51)59)78-69(53-30-16-13-17-31-53)73(77(86(78)83(11)84)55-45-49-57(50-46-55)80(4,5)6)63-38-26-42-67-71(63)61-35-21-23-40-65(61)82(67,9)10/h12-50H,1-11H3/b76-74-. The van der Waals surface area contributed by atoms with Crippen LogP contribution in [0.3, 0.4) is 0 Å². The highest BCUT2D eigenvalue weighted by atomic mass is 19.1. The summed E-state index contributed by atoms with van der Waals surface area (Å²) in [5.41, 5.74) is 26.8. The fraction of sp³-hybridized carbons (Fsp3) is 0.183. The lowest BCUT2D eigenvalue weighted by Gasteiger charge is -2.23. The molecule has 0 amide bonds. The number of hydrogen-bond acceptors (Lipinski definition) is 1. The molecule has 0 radical (unpaired) electrons. The summed E-state index contributed by atoms with van der Waals surface area (Å²) in [5, 5.41) is 2.13. The molecule has 10 aromatic carbocycles. The predicted octanol–water partition coefficient (Wildman–Crippen LogP) is 21.7. The van der Waals surface area contributed by atoms with Crippen molar-refractivity contribution in [1.82, 2.24) is 4.48 Å². The Morgan fingerprint density at radius 1 is 0.407 bits per heavy atom. The van der Waals surface area contributed by atoms with Crippen LogP contribution in [0.1, 0.15) is 131 Å². The molecule has 14 rings (SSSR count).